The molecule has 14 heavy (non-hydrogen) atoms. The van der Waals surface area contributed by atoms with Gasteiger partial charge in [-0.3, -0.25) is 0 Å². The van der Waals surface area contributed by atoms with Crippen molar-refractivity contribution in [3.8, 4) is 0 Å². The van der Waals surface area contributed by atoms with Crippen LogP contribution in [0.4, 0.5) is 0 Å². The van der Waals surface area contributed by atoms with Gasteiger partial charge < -0.3 is 4.79 Å². The zero-order valence-electron chi connectivity index (χ0n) is 10.1. The molecule has 1 fully saturated rings. The number of carbonyl (C=O) groups is 1. The summed E-state index contributed by atoms with van der Waals surface area (Å²) in [7, 11) is 0. The first kappa shape index (κ1) is 11.7. The third-order valence-electron chi connectivity index (χ3n) is 3.98. The lowest BCUT2D eigenvalue weighted by Crippen LogP contribution is -2.33. The van der Waals surface area contributed by atoms with E-state index in [1.165, 1.54) is 19.3 Å². The molecule has 0 aliphatic heterocycles. The third-order valence-corrected chi connectivity index (χ3v) is 3.98. The van der Waals surface area contributed by atoms with Gasteiger partial charge in [0, 0.05) is 6.42 Å². The van der Waals surface area contributed by atoms with E-state index in [0.717, 1.165) is 24.7 Å². The lowest BCUT2D eigenvalue weighted by atomic mass is 9.62. The van der Waals surface area contributed by atoms with Crippen LogP contribution >= 0.6 is 0 Å². The van der Waals surface area contributed by atoms with Gasteiger partial charge in [-0.2, -0.15) is 0 Å². The van der Waals surface area contributed by atoms with Crippen molar-refractivity contribution in [2.24, 2.45) is 17.3 Å². The molecule has 1 rings (SSSR count). The number of ketones is 1. The van der Waals surface area contributed by atoms with Crippen molar-refractivity contribution in [3.63, 3.8) is 0 Å². The maximum Gasteiger partial charge on any atom is 0.129 e. The van der Waals surface area contributed by atoms with Crippen LogP contribution in [0.5, 0.6) is 0 Å². The smallest absolute Gasteiger partial charge is 0.129 e. The molecule has 1 aliphatic rings. The van der Waals surface area contributed by atoms with E-state index in [1.54, 1.807) is 6.92 Å². The van der Waals surface area contributed by atoms with Gasteiger partial charge in [-0.1, -0.05) is 33.6 Å². The molecule has 0 N–H and O–H groups in total. The maximum atomic E-state index is 11.0. The van der Waals surface area contributed by atoms with Crippen LogP contribution in [0.15, 0.2) is 0 Å². The highest BCUT2D eigenvalue weighted by Crippen LogP contribution is 2.45. The fraction of sp³-hybridized carbons (Fsp3) is 0.923. The molecular weight excluding hydrogens is 172 g/mol. The molecule has 2 unspecified atom stereocenters. The predicted octanol–water partition coefficient (Wildman–Crippen LogP) is 3.82. The largest absolute Gasteiger partial charge is 0.300 e. The number of rotatable bonds is 3. The van der Waals surface area contributed by atoms with E-state index >= 15 is 0 Å². The van der Waals surface area contributed by atoms with E-state index in [-0.39, 0.29) is 0 Å². The molecule has 0 aromatic carbocycles. The Hall–Kier alpha value is -0.330. The summed E-state index contributed by atoms with van der Waals surface area (Å²) in [6.45, 7) is 8.80. The number of hydrogen-bond acceptors (Lipinski definition) is 1. The molecule has 0 heterocycles. The summed E-state index contributed by atoms with van der Waals surface area (Å²) < 4.78 is 0. The van der Waals surface area contributed by atoms with Gasteiger partial charge >= 0.3 is 0 Å². The van der Waals surface area contributed by atoms with Gasteiger partial charge in [-0.05, 0) is 37.0 Å². The van der Waals surface area contributed by atoms with Crippen molar-refractivity contribution >= 4 is 5.78 Å². The molecule has 0 spiro atoms. The van der Waals surface area contributed by atoms with E-state index in [0.29, 0.717) is 11.2 Å². The summed E-state index contributed by atoms with van der Waals surface area (Å²) in [4.78, 5) is 11.0. The minimum Gasteiger partial charge on any atom is -0.300 e. The van der Waals surface area contributed by atoms with Crippen LogP contribution in [0.2, 0.25) is 0 Å². The fourth-order valence-electron chi connectivity index (χ4n) is 3.07. The second-order valence-electron chi connectivity index (χ2n) is 5.71. The second-order valence-corrected chi connectivity index (χ2v) is 5.71. The van der Waals surface area contributed by atoms with Crippen LogP contribution < -0.4 is 0 Å². The van der Waals surface area contributed by atoms with Crippen LogP contribution in [0.25, 0.3) is 0 Å². The fourth-order valence-corrected chi connectivity index (χ4v) is 3.07. The highest BCUT2D eigenvalue weighted by atomic mass is 16.1. The van der Waals surface area contributed by atoms with Gasteiger partial charge in [0.1, 0.15) is 5.78 Å². The molecule has 1 aliphatic carbocycles. The van der Waals surface area contributed by atoms with Gasteiger partial charge in [0.15, 0.2) is 0 Å². The number of hydrogen-bond donors (Lipinski definition) is 0. The first-order chi connectivity index (χ1) is 6.43. The Bertz CT molecular complexity index is 205. The second kappa shape index (κ2) is 4.46. The van der Waals surface area contributed by atoms with Crippen molar-refractivity contribution in [1.82, 2.24) is 0 Å². The first-order valence-corrected chi connectivity index (χ1v) is 5.93. The van der Waals surface area contributed by atoms with Gasteiger partial charge in [0.2, 0.25) is 0 Å². The van der Waals surface area contributed by atoms with Crippen LogP contribution in [-0.4, -0.2) is 5.78 Å². The molecule has 2 atom stereocenters. The summed E-state index contributed by atoms with van der Waals surface area (Å²) in [6, 6.07) is 0. The monoisotopic (exact) mass is 196 g/mol. The minimum atomic E-state index is 0.346. The lowest BCUT2D eigenvalue weighted by Gasteiger charge is -2.43. The summed E-state index contributed by atoms with van der Waals surface area (Å²) in [5, 5.41) is 0. The SMILES string of the molecule is CC(=O)CCC1C(C)CCCC1(C)C. The van der Waals surface area contributed by atoms with Gasteiger partial charge in [-0.15, -0.1) is 0 Å². The zero-order chi connectivity index (χ0) is 10.8. The first-order valence-electron chi connectivity index (χ1n) is 5.93. The Morgan fingerprint density at radius 2 is 2.07 bits per heavy atom. The molecular formula is C13H24O. The van der Waals surface area contributed by atoms with Crippen molar-refractivity contribution < 1.29 is 4.79 Å². The lowest BCUT2D eigenvalue weighted by molar-refractivity contribution is -0.117. The van der Waals surface area contributed by atoms with E-state index in [2.05, 4.69) is 20.8 Å². The highest BCUT2D eigenvalue weighted by molar-refractivity contribution is 5.75. The molecule has 82 valence electrons. The number of Topliss-reactive ketones (excluding diaryl/α,β-unsaturated/α-hetero) is 1. The average Bonchev–Trinajstić information content (AvgIpc) is 2.01. The molecule has 1 saturated carbocycles. The van der Waals surface area contributed by atoms with Crippen molar-refractivity contribution in [3.05, 3.63) is 0 Å². The molecule has 0 bridgehead atoms. The topological polar surface area (TPSA) is 17.1 Å². The van der Waals surface area contributed by atoms with Crippen LogP contribution in [0.3, 0.4) is 0 Å². The maximum absolute atomic E-state index is 11.0. The van der Waals surface area contributed by atoms with Crippen molar-refractivity contribution in [2.75, 3.05) is 0 Å². The Labute approximate surface area is 88.3 Å². The molecule has 0 saturated heterocycles. The van der Waals surface area contributed by atoms with Gasteiger partial charge in [-0.25, -0.2) is 0 Å². The van der Waals surface area contributed by atoms with Crippen molar-refractivity contribution in [2.45, 2.75) is 59.8 Å². The van der Waals surface area contributed by atoms with Gasteiger partial charge in [0.05, 0.1) is 0 Å². The van der Waals surface area contributed by atoms with E-state index in [9.17, 15) is 4.79 Å². The highest BCUT2D eigenvalue weighted by Gasteiger charge is 2.36. The van der Waals surface area contributed by atoms with E-state index in [1.807, 2.05) is 0 Å². The Morgan fingerprint density at radius 1 is 1.43 bits per heavy atom. The van der Waals surface area contributed by atoms with Crippen LogP contribution in [-0.2, 0) is 4.79 Å². The standard InChI is InChI=1S/C13H24O/c1-10-6-5-9-13(3,4)12(10)8-7-11(2)14/h10,12H,5-9H2,1-4H3. The molecule has 0 amide bonds. The molecule has 0 radical (unpaired) electrons. The van der Waals surface area contributed by atoms with E-state index < -0.39 is 0 Å². The Morgan fingerprint density at radius 3 is 2.57 bits per heavy atom. The molecule has 0 aromatic rings. The molecule has 1 heteroatoms. The summed E-state index contributed by atoms with van der Waals surface area (Å²) in [5.41, 5.74) is 0.452. The summed E-state index contributed by atoms with van der Waals surface area (Å²) >= 11 is 0. The summed E-state index contributed by atoms with van der Waals surface area (Å²) in [6.07, 6.45) is 5.93. The normalized spacial score (nSPS) is 31.4. The van der Waals surface area contributed by atoms with E-state index in [4.69, 9.17) is 0 Å². The quantitative estimate of drug-likeness (QED) is 0.670. The zero-order valence-corrected chi connectivity index (χ0v) is 10.1. The minimum absolute atomic E-state index is 0.346. The number of carbonyl (C=O) groups excluding carboxylic acids is 1. The van der Waals surface area contributed by atoms with Crippen LogP contribution in [0, 0.1) is 17.3 Å². The van der Waals surface area contributed by atoms with Crippen molar-refractivity contribution in [1.29, 1.82) is 0 Å². The van der Waals surface area contributed by atoms with Gasteiger partial charge in [0.25, 0.3) is 0 Å². The summed E-state index contributed by atoms with van der Waals surface area (Å²) in [5.74, 6) is 1.90. The average molecular weight is 196 g/mol. The van der Waals surface area contributed by atoms with Crippen LogP contribution in [0.1, 0.15) is 59.8 Å². The Kier molecular flexibility index (Phi) is 3.74. The third kappa shape index (κ3) is 2.83. The predicted molar refractivity (Wildman–Crippen MR) is 60.2 cm³/mol. The molecule has 0 aromatic heterocycles. The Balaban J connectivity index is 2.56. The molecule has 1 nitrogen and oxygen atoms in total.